The van der Waals surface area contributed by atoms with Gasteiger partial charge in [0, 0.05) is 11.4 Å². The smallest absolute Gasteiger partial charge is 0.274 e. The number of benzene rings is 2. The second-order valence-electron chi connectivity index (χ2n) is 6.51. The standard InChI is InChI=1S/C22H20FN3O3/c1-14(2)29-18-12-10-17(11-13-18)25-22(28)20-5-3-4-19(26-20)21(27)24-16-8-6-15(23)7-9-16/h3-14H,1-2H3,(H,24,27)(H,25,28). The van der Waals surface area contributed by atoms with Gasteiger partial charge < -0.3 is 15.4 Å². The minimum Gasteiger partial charge on any atom is -0.491 e. The van der Waals surface area contributed by atoms with Crippen LogP contribution >= 0.6 is 0 Å². The molecule has 0 bridgehead atoms. The Morgan fingerprint density at radius 3 is 1.79 bits per heavy atom. The number of nitrogens with zero attached hydrogens (tertiary/aromatic N) is 1. The Balaban J connectivity index is 1.67. The Labute approximate surface area is 167 Å². The molecule has 0 saturated carbocycles. The topological polar surface area (TPSA) is 80.3 Å². The lowest BCUT2D eigenvalue weighted by Gasteiger charge is -2.11. The highest BCUT2D eigenvalue weighted by Gasteiger charge is 2.13. The minimum atomic E-state index is -0.499. The third-order valence-corrected chi connectivity index (χ3v) is 3.80. The van der Waals surface area contributed by atoms with Gasteiger partial charge >= 0.3 is 0 Å². The summed E-state index contributed by atoms with van der Waals surface area (Å²) < 4.78 is 18.5. The van der Waals surface area contributed by atoms with Gasteiger partial charge in [-0.25, -0.2) is 9.37 Å². The van der Waals surface area contributed by atoms with Crippen molar-refractivity contribution in [1.82, 2.24) is 4.98 Å². The average Bonchev–Trinajstić information content (AvgIpc) is 2.71. The fraction of sp³-hybridized carbons (Fsp3) is 0.136. The molecule has 3 aromatic rings. The molecular formula is C22H20FN3O3. The number of anilines is 2. The van der Waals surface area contributed by atoms with Crippen LogP contribution in [0.15, 0.2) is 66.7 Å². The highest BCUT2D eigenvalue weighted by atomic mass is 19.1. The molecule has 0 aliphatic heterocycles. The summed E-state index contributed by atoms with van der Waals surface area (Å²) in [4.78, 5) is 28.9. The summed E-state index contributed by atoms with van der Waals surface area (Å²) >= 11 is 0. The number of aromatic nitrogens is 1. The molecule has 2 aromatic carbocycles. The van der Waals surface area contributed by atoms with E-state index in [-0.39, 0.29) is 17.5 Å². The van der Waals surface area contributed by atoms with E-state index < -0.39 is 17.6 Å². The maximum Gasteiger partial charge on any atom is 0.274 e. The summed E-state index contributed by atoms with van der Waals surface area (Å²) in [6.07, 6.45) is 0.0587. The summed E-state index contributed by atoms with van der Waals surface area (Å²) in [6, 6.07) is 16.9. The van der Waals surface area contributed by atoms with Gasteiger partial charge in [0.2, 0.25) is 0 Å². The van der Waals surface area contributed by atoms with Crippen molar-refractivity contribution in [3.63, 3.8) is 0 Å². The summed E-state index contributed by atoms with van der Waals surface area (Å²) in [6.45, 7) is 3.86. The molecule has 2 amide bonds. The van der Waals surface area contributed by atoms with Crippen LogP contribution in [0.5, 0.6) is 5.75 Å². The molecule has 0 unspecified atom stereocenters. The number of amides is 2. The molecule has 0 saturated heterocycles. The molecule has 0 spiro atoms. The SMILES string of the molecule is CC(C)Oc1ccc(NC(=O)c2cccc(C(=O)Nc3ccc(F)cc3)n2)cc1. The summed E-state index contributed by atoms with van der Waals surface area (Å²) in [5, 5.41) is 5.34. The van der Waals surface area contributed by atoms with E-state index in [4.69, 9.17) is 4.74 Å². The molecule has 148 valence electrons. The maximum absolute atomic E-state index is 13.0. The van der Waals surface area contributed by atoms with Crippen LogP contribution in [0.1, 0.15) is 34.8 Å². The van der Waals surface area contributed by atoms with Gasteiger partial charge in [0.15, 0.2) is 0 Å². The first-order valence-electron chi connectivity index (χ1n) is 9.03. The van der Waals surface area contributed by atoms with Crippen LogP contribution in [0.3, 0.4) is 0 Å². The highest BCUT2D eigenvalue weighted by Crippen LogP contribution is 2.17. The molecule has 2 N–H and O–H groups in total. The van der Waals surface area contributed by atoms with Crippen LogP contribution in [0.4, 0.5) is 15.8 Å². The first-order chi connectivity index (χ1) is 13.9. The number of hydrogen-bond donors (Lipinski definition) is 2. The van der Waals surface area contributed by atoms with E-state index in [1.54, 1.807) is 30.3 Å². The Hall–Kier alpha value is -3.74. The number of halogens is 1. The lowest BCUT2D eigenvalue weighted by Crippen LogP contribution is -2.18. The molecule has 7 heteroatoms. The quantitative estimate of drug-likeness (QED) is 0.646. The molecule has 6 nitrogen and oxygen atoms in total. The van der Waals surface area contributed by atoms with Crippen molar-refractivity contribution in [3.8, 4) is 5.75 Å². The maximum atomic E-state index is 13.0. The minimum absolute atomic E-state index is 0.0587. The number of ether oxygens (including phenoxy) is 1. The molecule has 1 heterocycles. The second kappa shape index (κ2) is 8.97. The Morgan fingerprint density at radius 2 is 1.31 bits per heavy atom. The number of hydrogen-bond acceptors (Lipinski definition) is 4. The first-order valence-corrected chi connectivity index (χ1v) is 9.03. The van der Waals surface area contributed by atoms with E-state index in [9.17, 15) is 14.0 Å². The van der Waals surface area contributed by atoms with Gasteiger partial charge in [-0.15, -0.1) is 0 Å². The van der Waals surface area contributed by atoms with Crippen molar-refractivity contribution < 1.29 is 18.7 Å². The van der Waals surface area contributed by atoms with Gasteiger partial charge in [-0.2, -0.15) is 0 Å². The third kappa shape index (κ3) is 5.62. The molecule has 1 aromatic heterocycles. The number of rotatable bonds is 6. The third-order valence-electron chi connectivity index (χ3n) is 3.80. The van der Waals surface area contributed by atoms with E-state index in [1.165, 1.54) is 36.4 Å². The molecular weight excluding hydrogens is 373 g/mol. The van der Waals surface area contributed by atoms with Gasteiger partial charge in [0.1, 0.15) is 23.0 Å². The normalized spacial score (nSPS) is 10.5. The first kappa shape index (κ1) is 20.0. The van der Waals surface area contributed by atoms with Gasteiger partial charge in [0.05, 0.1) is 6.10 Å². The Bertz CT molecular complexity index is 1000. The number of nitrogens with one attached hydrogen (secondary N) is 2. The van der Waals surface area contributed by atoms with Crippen molar-refractivity contribution in [2.45, 2.75) is 20.0 Å². The number of carbonyl (C=O) groups excluding carboxylic acids is 2. The van der Waals surface area contributed by atoms with E-state index in [2.05, 4.69) is 15.6 Å². The lowest BCUT2D eigenvalue weighted by atomic mass is 10.2. The van der Waals surface area contributed by atoms with Crippen LogP contribution < -0.4 is 15.4 Å². The fourth-order valence-corrected chi connectivity index (χ4v) is 2.50. The molecule has 0 radical (unpaired) electrons. The van der Waals surface area contributed by atoms with Crippen LogP contribution in [0.25, 0.3) is 0 Å². The molecule has 3 rings (SSSR count). The highest BCUT2D eigenvalue weighted by molar-refractivity contribution is 6.06. The van der Waals surface area contributed by atoms with Gasteiger partial charge in [-0.1, -0.05) is 6.07 Å². The molecule has 0 atom stereocenters. The molecule has 0 aliphatic carbocycles. The van der Waals surface area contributed by atoms with Crippen LogP contribution in [0.2, 0.25) is 0 Å². The van der Waals surface area contributed by atoms with Gasteiger partial charge in [0.25, 0.3) is 11.8 Å². The second-order valence-corrected chi connectivity index (χ2v) is 6.51. The van der Waals surface area contributed by atoms with Crippen molar-refractivity contribution >= 4 is 23.2 Å². The van der Waals surface area contributed by atoms with Crippen LogP contribution in [-0.2, 0) is 0 Å². The number of pyridine rings is 1. The van der Waals surface area contributed by atoms with Crippen LogP contribution in [-0.4, -0.2) is 22.9 Å². The zero-order chi connectivity index (χ0) is 20.8. The fourth-order valence-electron chi connectivity index (χ4n) is 2.50. The zero-order valence-electron chi connectivity index (χ0n) is 16.0. The predicted molar refractivity (Wildman–Crippen MR) is 109 cm³/mol. The Kier molecular flexibility index (Phi) is 6.19. The van der Waals surface area contributed by atoms with Gasteiger partial charge in [-0.3, -0.25) is 9.59 Å². The molecule has 29 heavy (non-hydrogen) atoms. The molecule has 0 fully saturated rings. The van der Waals surface area contributed by atoms with Crippen molar-refractivity contribution in [2.24, 2.45) is 0 Å². The van der Waals surface area contributed by atoms with Crippen LogP contribution in [0, 0.1) is 5.82 Å². The lowest BCUT2D eigenvalue weighted by molar-refractivity contribution is 0.101. The van der Waals surface area contributed by atoms with E-state index in [0.29, 0.717) is 17.1 Å². The summed E-state index contributed by atoms with van der Waals surface area (Å²) in [7, 11) is 0. The van der Waals surface area contributed by atoms with Crippen molar-refractivity contribution in [2.75, 3.05) is 10.6 Å². The predicted octanol–water partition coefficient (Wildman–Crippen LogP) is 4.51. The monoisotopic (exact) mass is 393 g/mol. The largest absolute Gasteiger partial charge is 0.491 e. The summed E-state index contributed by atoms with van der Waals surface area (Å²) in [5.74, 6) is -0.639. The molecule has 0 aliphatic rings. The van der Waals surface area contributed by atoms with Crippen molar-refractivity contribution in [3.05, 3.63) is 83.9 Å². The Morgan fingerprint density at radius 1 is 0.828 bits per heavy atom. The van der Waals surface area contributed by atoms with E-state index >= 15 is 0 Å². The van der Waals surface area contributed by atoms with Gasteiger partial charge in [-0.05, 0) is 74.5 Å². The number of carbonyl (C=O) groups is 2. The van der Waals surface area contributed by atoms with E-state index in [1.807, 2.05) is 13.8 Å². The summed E-state index contributed by atoms with van der Waals surface area (Å²) in [5.41, 5.74) is 1.17. The average molecular weight is 393 g/mol. The van der Waals surface area contributed by atoms with E-state index in [0.717, 1.165) is 0 Å². The zero-order valence-corrected chi connectivity index (χ0v) is 16.0. The van der Waals surface area contributed by atoms with Crippen molar-refractivity contribution in [1.29, 1.82) is 0 Å².